The number of carbonyl (C=O) groups is 1. The lowest BCUT2D eigenvalue weighted by atomic mass is 10.0. The molecule has 4 nitrogen and oxygen atoms in total. The molecule has 2 aromatic rings. The van der Waals surface area contributed by atoms with Crippen molar-refractivity contribution >= 4 is 22.9 Å². The van der Waals surface area contributed by atoms with E-state index in [1.165, 1.54) is 12.1 Å². The number of carboxylic acids is 1. The first-order valence-corrected chi connectivity index (χ1v) is 5.58. The molecule has 0 aliphatic carbocycles. The Bertz CT molecular complexity index is 644. The van der Waals surface area contributed by atoms with Crippen LogP contribution in [0.15, 0.2) is 23.9 Å². The third-order valence-corrected chi connectivity index (χ3v) is 2.77. The third-order valence-electron chi connectivity index (χ3n) is 2.77. The zero-order valence-electron chi connectivity index (χ0n) is 10.1. The predicted molar refractivity (Wildman–Crippen MR) is 66.6 cm³/mol. The third kappa shape index (κ3) is 2.11. The van der Waals surface area contributed by atoms with E-state index >= 15 is 0 Å². The number of halogens is 1. The number of aryl methyl sites for hydroxylation is 1. The maximum Gasteiger partial charge on any atom is 0.331 e. The van der Waals surface area contributed by atoms with Crippen LogP contribution in [-0.2, 0) is 11.8 Å². The van der Waals surface area contributed by atoms with E-state index in [4.69, 9.17) is 5.11 Å². The largest absolute Gasteiger partial charge is 0.478 e. The first-order chi connectivity index (χ1) is 8.52. The molecule has 94 valence electrons. The number of nitrogens with zero attached hydrogens (tertiary/aromatic N) is 2. The van der Waals surface area contributed by atoms with Crippen molar-refractivity contribution in [1.82, 2.24) is 9.78 Å². The van der Waals surface area contributed by atoms with Crippen LogP contribution in [0.3, 0.4) is 0 Å². The van der Waals surface area contributed by atoms with E-state index in [0.717, 1.165) is 0 Å². The Hall–Kier alpha value is -2.17. The molecule has 0 saturated carbocycles. The minimum Gasteiger partial charge on any atom is -0.478 e. The molecular formula is C13H13FN2O2. The summed E-state index contributed by atoms with van der Waals surface area (Å²) in [6.07, 6.45) is 3.40. The second kappa shape index (κ2) is 4.60. The van der Waals surface area contributed by atoms with Crippen LogP contribution in [0.2, 0.25) is 0 Å². The van der Waals surface area contributed by atoms with Crippen LogP contribution in [0.1, 0.15) is 18.9 Å². The smallest absolute Gasteiger partial charge is 0.331 e. The number of benzene rings is 1. The fourth-order valence-electron chi connectivity index (χ4n) is 1.84. The number of fused-ring (bicyclic) bond motifs is 1. The predicted octanol–water partition coefficient (Wildman–Crippen LogP) is 2.59. The molecule has 0 amide bonds. The van der Waals surface area contributed by atoms with Gasteiger partial charge in [-0.15, -0.1) is 0 Å². The molecule has 1 aromatic carbocycles. The number of carboxylic acid groups (broad SMARTS) is 1. The molecule has 0 fully saturated rings. The van der Waals surface area contributed by atoms with Crippen LogP contribution in [-0.4, -0.2) is 20.9 Å². The topological polar surface area (TPSA) is 55.1 Å². The van der Waals surface area contributed by atoms with Gasteiger partial charge in [0.15, 0.2) is 0 Å². The summed E-state index contributed by atoms with van der Waals surface area (Å²) in [5, 5.41) is 13.8. The lowest BCUT2D eigenvalue weighted by molar-refractivity contribution is -0.132. The van der Waals surface area contributed by atoms with Crippen molar-refractivity contribution in [2.45, 2.75) is 13.3 Å². The van der Waals surface area contributed by atoms with E-state index in [1.54, 1.807) is 30.9 Å². The Balaban J connectivity index is 2.69. The van der Waals surface area contributed by atoms with E-state index in [9.17, 15) is 9.18 Å². The zero-order valence-corrected chi connectivity index (χ0v) is 10.1. The molecule has 0 bridgehead atoms. The van der Waals surface area contributed by atoms with Crippen LogP contribution in [0.5, 0.6) is 0 Å². The van der Waals surface area contributed by atoms with Crippen LogP contribution >= 0.6 is 0 Å². The van der Waals surface area contributed by atoms with Gasteiger partial charge < -0.3 is 5.11 Å². The number of hydrogen-bond donors (Lipinski definition) is 1. The number of aliphatic carboxylic acids is 1. The average molecular weight is 248 g/mol. The molecule has 0 unspecified atom stereocenters. The number of hydrogen-bond acceptors (Lipinski definition) is 2. The van der Waals surface area contributed by atoms with E-state index in [-0.39, 0.29) is 11.1 Å². The van der Waals surface area contributed by atoms with Gasteiger partial charge in [0.05, 0.1) is 5.52 Å². The highest BCUT2D eigenvalue weighted by Gasteiger charge is 2.11. The normalized spacial score (nSPS) is 12.1. The maximum atomic E-state index is 13.8. The highest BCUT2D eigenvalue weighted by Crippen LogP contribution is 2.23. The molecule has 0 atom stereocenters. The maximum absolute atomic E-state index is 13.8. The summed E-state index contributed by atoms with van der Waals surface area (Å²) < 4.78 is 15.4. The molecule has 18 heavy (non-hydrogen) atoms. The summed E-state index contributed by atoms with van der Waals surface area (Å²) in [4.78, 5) is 11.0. The molecule has 5 heteroatoms. The van der Waals surface area contributed by atoms with Gasteiger partial charge in [-0.05, 0) is 24.6 Å². The van der Waals surface area contributed by atoms with Crippen LogP contribution in [0.25, 0.3) is 17.0 Å². The summed E-state index contributed by atoms with van der Waals surface area (Å²) in [6, 6.07) is 2.88. The van der Waals surface area contributed by atoms with Crippen molar-refractivity contribution in [1.29, 1.82) is 0 Å². The van der Waals surface area contributed by atoms with E-state index in [1.807, 2.05) is 0 Å². The van der Waals surface area contributed by atoms with E-state index in [0.29, 0.717) is 17.3 Å². The lowest BCUT2D eigenvalue weighted by Crippen LogP contribution is -1.99. The SMILES string of the molecule is CCC(=Cc1c(F)ccc2nn(C)cc12)C(=O)O. The van der Waals surface area contributed by atoms with Gasteiger partial charge in [0.2, 0.25) is 0 Å². The Labute approximate surface area is 103 Å². The van der Waals surface area contributed by atoms with Crippen molar-refractivity contribution in [2.75, 3.05) is 0 Å². The molecule has 0 aliphatic rings. The summed E-state index contributed by atoms with van der Waals surface area (Å²) in [7, 11) is 1.74. The number of aromatic nitrogens is 2. The van der Waals surface area contributed by atoms with E-state index in [2.05, 4.69) is 5.10 Å². The summed E-state index contributed by atoms with van der Waals surface area (Å²) in [5.41, 5.74) is 1.09. The first kappa shape index (κ1) is 12.3. The van der Waals surface area contributed by atoms with Crippen molar-refractivity contribution < 1.29 is 14.3 Å². The van der Waals surface area contributed by atoms with Crippen molar-refractivity contribution in [3.8, 4) is 0 Å². The zero-order chi connectivity index (χ0) is 13.3. The van der Waals surface area contributed by atoms with Gasteiger partial charge in [-0.2, -0.15) is 5.10 Å². The average Bonchev–Trinajstić information content (AvgIpc) is 2.68. The first-order valence-electron chi connectivity index (χ1n) is 5.58. The fraction of sp³-hybridized carbons (Fsp3) is 0.231. The molecular weight excluding hydrogens is 235 g/mol. The fourth-order valence-corrected chi connectivity index (χ4v) is 1.84. The Kier molecular flexibility index (Phi) is 3.14. The second-order valence-corrected chi connectivity index (χ2v) is 4.02. The molecule has 0 aliphatic heterocycles. The van der Waals surface area contributed by atoms with Gasteiger partial charge in [-0.1, -0.05) is 6.92 Å². The van der Waals surface area contributed by atoms with Crippen molar-refractivity contribution in [2.24, 2.45) is 7.05 Å². The quantitative estimate of drug-likeness (QED) is 0.849. The molecule has 0 radical (unpaired) electrons. The minimum atomic E-state index is -1.03. The molecule has 0 saturated heterocycles. The van der Waals surface area contributed by atoms with E-state index < -0.39 is 11.8 Å². The van der Waals surface area contributed by atoms with Crippen molar-refractivity contribution in [3.05, 3.63) is 35.3 Å². The van der Waals surface area contributed by atoms with Crippen LogP contribution in [0.4, 0.5) is 4.39 Å². The van der Waals surface area contributed by atoms with Gasteiger partial charge in [-0.3, -0.25) is 4.68 Å². The van der Waals surface area contributed by atoms with Gasteiger partial charge >= 0.3 is 5.97 Å². The highest BCUT2D eigenvalue weighted by atomic mass is 19.1. The monoisotopic (exact) mass is 248 g/mol. The Morgan fingerprint density at radius 1 is 1.56 bits per heavy atom. The molecule has 1 heterocycles. The molecule has 2 rings (SSSR count). The van der Waals surface area contributed by atoms with Gasteiger partial charge in [-0.25, -0.2) is 9.18 Å². The van der Waals surface area contributed by atoms with Crippen LogP contribution in [0, 0.1) is 5.82 Å². The lowest BCUT2D eigenvalue weighted by Gasteiger charge is -2.01. The molecule has 1 aromatic heterocycles. The summed E-state index contributed by atoms with van der Waals surface area (Å²) >= 11 is 0. The van der Waals surface area contributed by atoms with Crippen molar-refractivity contribution in [3.63, 3.8) is 0 Å². The highest BCUT2D eigenvalue weighted by molar-refractivity contribution is 5.96. The van der Waals surface area contributed by atoms with Gasteiger partial charge in [0.1, 0.15) is 5.82 Å². The Morgan fingerprint density at radius 3 is 2.89 bits per heavy atom. The Morgan fingerprint density at radius 2 is 2.28 bits per heavy atom. The van der Waals surface area contributed by atoms with Crippen LogP contribution < -0.4 is 0 Å². The summed E-state index contributed by atoms with van der Waals surface area (Å²) in [6.45, 7) is 1.72. The standard InChI is InChI=1S/C13H13FN2O2/c1-3-8(13(17)18)6-9-10-7-16(2)15-12(10)5-4-11(9)14/h4-7H,3H2,1-2H3,(H,17,18). The number of rotatable bonds is 3. The minimum absolute atomic E-state index is 0.172. The van der Waals surface area contributed by atoms with Gasteiger partial charge in [0.25, 0.3) is 0 Å². The molecule has 1 N–H and O–H groups in total. The van der Waals surface area contributed by atoms with Gasteiger partial charge in [0, 0.05) is 29.8 Å². The second-order valence-electron chi connectivity index (χ2n) is 4.02. The molecule has 0 spiro atoms. The summed E-state index contributed by atoms with van der Waals surface area (Å²) in [5.74, 6) is -1.47.